The number of hydrogen-bond acceptors (Lipinski definition) is 4. The Labute approximate surface area is 102 Å². The molecule has 5 nitrogen and oxygen atoms in total. The summed E-state index contributed by atoms with van der Waals surface area (Å²) in [5.74, 6) is -0.790. The molecule has 1 fully saturated rings. The maximum Gasteiger partial charge on any atom is 0.407 e. The molecule has 5 heteroatoms. The highest BCUT2D eigenvalue weighted by atomic mass is 16.6. The summed E-state index contributed by atoms with van der Waals surface area (Å²) in [7, 11) is 0. The standard InChI is InChI=1S/C12H21NO4/c1-6-16-10(14)7(2)8-9(12(3,4)5)13-11(15)17-8/h7-9H,6H2,1-5H3,(H,13,15)/t7-,8+,9-/m1/s1. The number of carbonyl (C=O) groups is 2. The molecule has 1 aliphatic rings. The molecule has 1 heterocycles. The van der Waals surface area contributed by atoms with Crippen LogP contribution in [-0.4, -0.2) is 30.8 Å². The third-order valence-electron chi connectivity index (χ3n) is 2.93. The zero-order valence-electron chi connectivity index (χ0n) is 11.1. The van der Waals surface area contributed by atoms with Crippen molar-refractivity contribution < 1.29 is 19.1 Å². The fourth-order valence-electron chi connectivity index (χ4n) is 1.94. The highest BCUT2D eigenvalue weighted by molar-refractivity contribution is 5.76. The molecule has 1 amide bonds. The number of carbonyl (C=O) groups excluding carboxylic acids is 2. The lowest BCUT2D eigenvalue weighted by Gasteiger charge is -2.31. The van der Waals surface area contributed by atoms with Gasteiger partial charge in [-0.25, -0.2) is 4.79 Å². The maximum atomic E-state index is 11.7. The highest BCUT2D eigenvalue weighted by Crippen LogP contribution is 2.31. The first-order valence-corrected chi connectivity index (χ1v) is 5.91. The van der Waals surface area contributed by atoms with Crippen molar-refractivity contribution in [2.75, 3.05) is 6.61 Å². The summed E-state index contributed by atoms with van der Waals surface area (Å²) in [5.41, 5.74) is -0.169. The van der Waals surface area contributed by atoms with Gasteiger partial charge in [0.15, 0.2) is 0 Å². The molecule has 0 saturated carbocycles. The van der Waals surface area contributed by atoms with E-state index in [1.165, 1.54) is 0 Å². The van der Waals surface area contributed by atoms with Crippen LogP contribution in [0.5, 0.6) is 0 Å². The van der Waals surface area contributed by atoms with Crippen LogP contribution in [0.4, 0.5) is 4.79 Å². The number of cyclic esters (lactones) is 1. The largest absolute Gasteiger partial charge is 0.466 e. The van der Waals surface area contributed by atoms with Crippen molar-refractivity contribution in [2.45, 2.75) is 46.8 Å². The molecule has 0 radical (unpaired) electrons. The molecular weight excluding hydrogens is 222 g/mol. The molecule has 98 valence electrons. The van der Waals surface area contributed by atoms with E-state index >= 15 is 0 Å². The molecule has 1 rings (SSSR count). The van der Waals surface area contributed by atoms with Crippen LogP contribution in [0, 0.1) is 11.3 Å². The first kappa shape index (κ1) is 13.8. The van der Waals surface area contributed by atoms with Crippen LogP contribution in [0.25, 0.3) is 0 Å². The second-order valence-corrected chi connectivity index (χ2v) is 5.40. The number of alkyl carbamates (subject to hydrolysis) is 1. The van der Waals surface area contributed by atoms with Crippen molar-refractivity contribution in [1.29, 1.82) is 0 Å². The molecule has 0 aromatic heterocycles. The van der Waals surface area contributed by atoms with Gasteiger partial charge in [0.25, 0.3) is 0 Å². The molecule has 0 aliphatic carbocycles. The van der Waals surface area contributed by atoms with Crippen molar-refractivity contribution >= 4 is 12.1 Å². The first-order valence-electron chi connectivity index (χ1n) is 5.91. The van der Waals surface area contributed by atoms with Gasteiger partial charge in [-0.2, -0.15) is 0 Å². The van der Waals surface area contributed by atoms with E-state index in [0.717, 1.165) is 0 Å². The monoisotopic (exact) mass is 243 g/mol. The third kappa shape index (κ3) is 3.11. The normalized spacial score (nSPS) is 26.1. The van der Waals surface area contributed by atoms with E-state index in [4.69, 9.17) is 9.47 Å². The second kappa shape index (κ2) is 4.94. The molecule has 3 atom stereocenters. The smallest absolute Gasteiger partial charge is 0.407 e. The van der Waals surface area contributed by atoms with E-state index in [2.05, 4.69) is 5.32 Å². The van der Waals surface area contributed by atoms with Crippen molar-refractivity contribution in [1.82, 2.24) is 5.32 Å². The van der Waals surface area contributed by atoms with E-state index < -0.39 is 18.1 Å². The van der Waals surface area contributed by atoms with Crippen LogP contribution >= 0.6 is 0 Å². The molecule has 0 spiro atoms. The maximum absolute atomic E-state index is 11.7. The summed E-state index contributed by atoms with van der Waals surface area (Å²) in [6.07, 6.45) is -0.937. The summed E-state index contributed by atoms with van der Waals surface area (Å²) in [6.45, 7) is 9.80. The molecule has 1 aliphatic heterocycles. The second-order valence-electron chi connectivity index (χ2n) is 5.40. The predicted octanol–water partition coefficient (Wildman–Crippen LogP) is 1.71. The Balaban J connectivity index is 2.80. The van der Waals surface area contributed by atoms with E-state index in [9.17, 15) is 9.59 Å². The summed E-state index contributed by atoms with van der Waals surface area (Å²) in [4.78, 5) is 23.0. The molecule has 0 aromatic rings. The highest BCUT2D eigenvalue weighted by Gasteiger charge is 2.46. The van der Waals surface area contributed by atoms with Crippen molar-refractivity contribution in [2.24, 2.45) is 11.3 Å². The van der Waals surface area contributed by atoms with Gasteiger partial charge in [0.05, 0.1) is 18.6 Å². The number of esters is 1. The summed E-state index contributed by atoms with van der Waals surface area (Å²) in [6, 6.07) is -0.186. The predicted molar refractivity (Wildman–Crippen MR) is 62.4 cm³/mol. The fraction of sp³-hybridized carbons (Fsp3) is 0.833. The average molecular weight is 243 g/mol. The van der Waals surface area contributed by atoms with E-state index in [-0.39, 0.29) is 17.4 Å². The average Bonchev–Trinajstić information content (AvgIpc) is 2.59. The minimum absolute atomic E-state index is 0.169. The van der Waals surface area contributed by atoms with Crippen LogP contribution in [0.15, 0.2) is 0 Å². The number of hydrogen-bond donors (Lipinski definition) is 1. The lowest BCUT2D eigenvalue weighted by atomic mass is 9.80. The summed E-state index contributed by atoms with van der Waals surface area (Å²) >= 11 is 0. The van der Waals surface area contributed by atoms with Gasteiger partial charge in [-0.1, -0.05) is 20.8 Å². The Morgan fingerprint density at radius 3 is 2.59 bits per heavy atom. The Hall–Kier alpha value is -1.26. The zero-order valence-corrected chi connectivity index (χ0v) is 11.1. The number of rotatable bonds is 3. The van der Waals surface area contributed by atoms with Crippen molar-refractivity contribution in [3.63, 3.8) is 0 Å². The molecule has 0 unspecified atom stereocenters. The number of nitrogens with one attached hydrogen (secondary N) is 1. The van der Waals surface area contributed by atoms with Gasteiger partial charge in [0.2, 0.25) is 0 Å². The van der Waals surface area contributed by atoms with Gasteiger partial charge in [-0.05, 0) is 19.3 Å². The molecule has 0 bridgehead atoms. The van der Waals surface area contributed by atoms with Gasteiger partial charge in [0, 0.05) is 0 Å². The third-order valence-corrected chi connectivity index (χ3v) is 2.93. The molecule has 1 saturated heterocycles. The van der Waals surface area contributed by atoms with Crippen LogP contribution in [-0.2, 0) is 14.3 Å². The van der Waals surface area contributed by atoms with Gasteiger partial charge in [-0.3, -0.25) is 4.79 Å². The van der Waals surface area contributed by atoms with Gasteiger partial charge in [-0.15, -0.1) is 0 Å². The van der Waals surface area contributed by atoms with Crippen LogP contribution in [0.3, 0.4) is 0 Å². The Bertz CT molecular complexity index is 308. The molecule has 1 N–H and O–H groups in total. The number of amides is 1. The van der Waals surface area contributed by atoms with Crippen LogP contribution in [0.1, 0.15) is 34.6 Å². The van der Waals surface area contributed by atoms with Crippen molar-refractivity contribution in [3.05, 3.63) is 0 Å². The molecule has 17 heavy (non-hydrogen) atoms. The molecule has 0 aromatic carbocycles. The lowest BCUT2D eigenvalue weighted by molar-refractivity contribution is -0.151. The van der Waals surface area contributed by atoms with Gasteiger partial charge >= 0.3 is 12.1 Å². The topological polar surface area (TPSA) is 64.6 Å². The molecular formula is C12H21NO4. The lowest BCUT2D eigenvalue weighted by Crippen LogP contribution is -2.47. The fourth-order valence-corrected chi connectivity index (χ4v) is 1.94. The SMILES string of the molecule is CCOC(=O)[C@H](C)[C@@H]1OC(=O)N[C@H]1C(C)(C)C. The Morgan fingerprint density at radius 1 is 1.53 bits per heavy atom. The van der Waals surface area contributed by atoms with E-state index in [0.29, 0.717) is 6.61 Å². The van der Waals surface area contributed by atoms with E-state index in [1.807, 2.05) is 20.8 Å². The Kier molecular flexibility index (Phi) is 4.01. The quantitative estimate of drug-likeness (QED) is 0.766. The van der Waals surface area contributed by atoms with Crippen molar-refractivity contribution in [3.8, 4) is 0 Å². The van der Waals surface area contributed by atoms with Gasteiger partial charge in [0.1, 0.15) is 6.10 Å². The summed E-state index contributed by atoms with van der Waals surface area (Å²) < 4.78 is 10.1. The number of ether oxygens (including phenoxy) is 2. The first-order chi connectivity index (χ1) is 7.77. The van der Waals surface area contributed by atoms with Crippen LogP contribution < -0.4 is 5.32 Å². The minimum Gasteiger partial charge on any atom is -0.466 e. The Morgan fingerprint density at radius 2 is 2.12 bits per heavy atom. The minimum atomic E-state index is -0.471. The van der Waals surface area contributed by atoms with E-state index in [1.54, 1.807) is 13.8 Å². The van der Waals surface area contributed by atoms with Gasteiger partial charge < -0.3 is 14.8 Å². The zero-order chi connectivity index (χ0) is 13.2. The van der Waals surface area contributed by atoms with Crippen LogP contribution in [0.2, 0.25) is 0 Å². The summed E-state index contributed by atoms with van der Waals surface area (Å²) in [5, 5.41) is 2.75.